The molecule has 0 aromatic heterocycles. The van der Waals surface area contributed by atoms with Crippen molar-refractivity contribution in [3.8, 4) is 5.75 Å². The average molecular weight is 401 g/mol. The molecule has 6 heteroatoms. The van der Waals surface area contributed by atoms with E-state index in [4.69, 9.17) is 16.3 Å². The summed E-state index contributed by atoms with van der Waals surface area (Å²) in [4.78, 5) is 28.8. The number of hydrogen-bond acceptors (Lipinski definition) is 3. The van der Waals surface area contributed by atoms with Crippen LogP contribution in [0.3, 0.4) is 0 Å². The molecule has 5 nitrogen and oxygen atoms in total. The molecule has 0 bridgehead atoms. The number of rotatable bonds is 4. The van der Waals surface area contributed by atoms with Crippen LogP contribution in [0.25, 0.3) is 0 Å². The Labute approximate surface area is 170 Å². The smallest absolute Gasteiger partial charge is 0.260 e. The van der Waals surface area contributed by atoms with Crippen LogP contribution in [0.15, 0.2) is 42.5 Å². The Morgan fingerprint density at radius 2 is 1.61 bits per heavy atom. The molecule has 1 fully saturated rings. The lowest BCUT2D eigenvalue weighted by Gasteiger charge is -2.22. The molecular formula is C22H25ClN2O3. The second-order valence-electron chi connectivity index (χ2n) is 7.07. The van der Waals surface area contributed by atoms with Crippen molar-refractivity contribution in [2.45, 2.75) is 20.3 Å². The van der Waals surface area contributed by atoms with Crippen molar-refractivity contribution in [2.75, 3.05) is 32.8 Å². The molecule has 148 valence electrons. The highest BCUT2D eigenvalue weighted by atomic mass is 35.5. The number of ether oxygens (including phenoxy) is 1. The second kappa shape index (κ2) is 9.11. The van der Waals surface area contributed by atoms with Crippen LogP contribution in [-0.2, 0) is 4.79 Å². The van der Waals surface area contributed by atoms with Gasteiger partial charge in [-0.3, -0.25) is 9.59 Å². The van der Waals surface area contributed by atoms with Gasteiger partial charge in [-0.15, -0.1) is 0 Å². The molecule has 0 aliphatic carbocycles. The standard InChI is InChI=1S/C22H25ClN2O3/c1-16-4-9-20(14-17(16)2)28-15-21(26)24-10-3-11-25(13-12-24)22(27)18-5-7-19(23)8-6-18/h4-9,14H,3,10-13,15H2,1-2H3. The predicted molar refractivity (Wildman–Crippen MR) is 110 cm³/mol. The third kappa shape index (κ3) is 5.04. The molecule has 2 amide bonds. The molecule has 3 rings (SSSR count). The Balaban J connectivity index is 1.53. The van der Waals surface area contributed by atoms with E-state index in [1.54, 1.807) is 34.1 Å². The number of benzene rings is 2. The van der Waals surface area contributed by atoms with Gasteiger partial charge in [0.15, 0.2) is 6.61 Å². The van der Waals surface area contributed by atoms with Gasteiger partial charge in [0.1, 0.15) is 5.75 Å². The van der Waals surface area contributed by atoms with E-state index in [9.17, 15) is 9.59 Å². The average Bonchev–Trinajstić information content (AvgIpc) is 2.95. The van der Waals surface area contributed by atoms with Crippen molar-refractivity contribution in [1.29, 1.82) is 0 Å². The molecule has 0 spiro atoms. The molecule has 2 aromatic rings. The summed E-state index contributed by atoms with van der Waals surface area (Å²) in [5.74, 6) is 0.613. The molecule has 1 saturated heterocycles. The Kier molecular flexibility index (Phi) is 6.57. The minimum Gasteiger partial charge on any atom is -0.484 e. The van der Waals surface area contributed by atoms with Gasteiger partial charge >= 0.3 is 0 Å². The van der Waals surface area contributed by atoms with Gasteiger partial charge in [0.25, 0.3) is 11.8 Å². The first-order valence-electron chi connectivity index (χ1n) is 9.47. The summed E-state index contributed by atoms with van der Waals surface area (Å²) in [6, 6.07) is 12.7. The maximum absolute atomic E-state index is 12.7. The molecule has 0 N–H and O–H groups in total. The van der Waals surface area contributed by atoms with E-state index in [0.717, 1.165) is 12.0 Å². The number of amides is 2. The van der Waals surface area contributed by atoms with Crippen LogP contribution in [0.1, 0.15) is 27.9 Å². The number of nitrogens with zero attached hydrogens (tertiary/aromatic N) is 2. The van der Waals surface area contributed by atoms with Gasteiger partial charge in [-0.05, 0) is 67.8 Å². The third-order valence-electron chi connectivity index (χ3n) is 5.07. The quantitative estimate of drug-likeness (QED) is 0.786. The summed E-state index contributed by atoms with van der Waals surface area (Å²) in [6.45, 7) is 6.34. The van der Waals surface area contributed by atoms with Crippen molar-refractivity contribution < 1.29 is 14.3 Å². The minimum atomic E-state index is -0.0565. The largest absolute Gasteiger partial charge is 0.484 e. The number of carbonyl (C=O) groups is 2. The zero-order valence-corrected chi connectivity index (χ0v) is 17.0. The number of hydrogen-bond donors (Lipinski definition) is 0. The fraction of sp³-hybridized carbons (Fsp3) is 0.364. The Hall–Kier alpha value is -2.53. The van der Waals surface area contributed by atoms with E-state index in [1.165, 1.54) is 5.56 Å². The molecule has 1 heterocycles. The van der Waals surface area contributed by atoms with E-state index >= 15 is 0 Å². The van der Waals surface area contributed by atoms with E-state index in [2.05, 4.69) is 0 Å². The summed E-state index contributed by atoms with van der Waals surface area (Å²) in [7, 11) is 0. The normalized spacial score (nSPS) is 14.5. The topological polar surface area (TPSA) is 49.9 Å². The maximum atomic E-state index is 12.7. The third-order valence-corrected chi connectivity index (χ3v) is 5.32. The highest BCUT2D eigenvalue weighted by Gasteiger charge is 2.23. The van der Waals surface area contributed by atoms with Crippen LogP contribution in [0.2, 0.25) is 5.02 Å². The van der Waals surface area contributed by atoms with Crippen molar-refractivity contribution in [2.24, 2.45) is 0 Å². The lowest BCUT2D eigenvalue weighted by atomic mass is 10.1. The first-order valence-corrected chi connectivity index (χ1v) is 9.84. The molecule has 0 radical (unpaired) electrons. The minimum absolute atomic E-state index is 0.00757. The molecule has 0 atom stereocenters. The van der Waals surface area contributed by atoms with Crippen LogP contribution in [0, 0.1) is 13.8 Å². The number of halogens is 1. The highest BCUT2D eigenvalue weighted by Crippen LogP contribution is 2.17. The van der Waals surface area contributed by atoms with Gasteiger partial charge in [-0.25, -0.2) is 0 Å². The summed E-state index contributed by atoms with van der Waals surface area (Å²) in [5, 5.41) is 0.605. The van der Waals surface area contributed by atoms with E-state index in [-0.39, 0.29) is 18.4 Å². The molecule has 0 unspecified atom stereocenters. The van der Waals surface area contributed by atoms with E-state index in [0.29, 0.717) is 42.5 Å². The molecule has 2 aromatic carbocycles. The van der Waals surface area contributed by atoms with E-state index < -0.39 is 0 Å². The van der Waals surface area contributed by atoms with Crippen molar-refractivity contribution >= 4 is 23.4 Å². The van der Waals surface area contributed by atoms with Crippen LogP contribution in [-0.4, -0.2) is 54.4 Å². The first kappa shape index (κ1) is 20.2. The lowest BCUT2D eigenvalue weighted by molar-refractivity contribution is -0.133. The fourth-order valence-corrected chi connectivity index (χ4v) is 3.31. The van der Waals surface area contributed by atoms with Crippen LogP contribution >= 0.6 is 11.6 Å². The monoisotopic (exact) mass is 400 g/mol. The zero-order chi connectivity index (χ0) is 20.1. The summed E-state index contributed by atoms with van der Waals surface area (Å²) < 4.78 is 5.67. The van der Waals surface area contributed by atoms with E-state index in [1.807, 2.05) is 32.0 Å². The highest BCUT2D eigenvalue weighted by molar-refractivity contribution is 6.30. The fourth-order valence-electron chi connectivity index (χ4n) is 3.19. The second-order valence-corrected chi connectivity index (χ2v) is 7.50. The van der Waals surface area contributed by atoms with Gasteiger partial charge in [-0.1, -0.05) is 17.7 Å². The lowest BCUT2D eigenvalue weighted by Crippen LogP contribution is -2.39. The zero-order valence-electron chi connectivity index (χ0n) is 16.3. The van der Waals surface area contributed by atoms with Gasteiger partial charge in [0.05, 0.1) is 0 Å². The molecule has 0 saturated carbocycles. The molecule has 1 aliphatic rings. The number of carbonyl (C=O) groups excluding carboxylic acids is 2. The summed E-state index contributed by atoms with van der Waals surface area (Å²) in [5.41, 5.74) is 2.94. The van der Waals surface area contributed by atoms with Gasteiger partial charge in [0.2, 0.25) is 0 Å². The molecular weight excluding hydrogens is 376 g/mol. The Morgan fingerprint density at radius 1 is 0.929 bits per heavy atom. The summed E-state index contributed by atoms with van der Waals surface area (Å²) >= 11 is 5.89. The molecule has 28 heavy (non-hydrogen) atoms. The van der Waals surface area contributed by atoms with Gasteiger partial charge in [-0.2, -0.15) is 0 Å². The maximum Gasteiger partial charge on any atom is 0.260 e. The Morgan fingerprint density at radius 3 is 2.32 bits per heavy atom. The van der Waals surface area contributed by atoms with Crippen molar-refractivity contribution in [3.05, 3.63) is 64.2 Å². The summed E-state index contributed by atoms with van der Waals surface area (Å²) in [6.07, 6.45) is 0.745. The SMILES string of the molecule is Cc1ccc(OCC(=O)N2CCCN(C(=O)c3ccc(Cl)cc3)CC2)cc1C. The van der Waals surface area contributed by atoms with Crippen LogP contribution in [0.4, 0.5) is 0 Å². The Bertz CT molecular complexity index is 851. The number of aryl methyl sites for hydroxylation is 2. The predicted octanol–water partition coefficient (Wildman–Crippen LogP) is 3.71. The van der Waals surface area contributed by atoms with Crippen LogP contribution < -0.4 is 4.74 Å². The van der Waals surface area contributed by atoms with Crippen molar-refractivity contribution in [1.82, 2.24) is 9.80 Å². The first-order chi connectivity index (χ1) is 13.4. The van der Waals surface area contributed by atoms with Gasteiger partial charge in [0, 0.05) is 36.8 Å². The van der Waals surface area contributed by atoms with Crippen LogP contribution in [0.5, 0.6) is 5.75 Å². The molecule has 1 aliphatic heterocycles. The van der Waals surface area contributed by atoms with Crippen molar-refractivity contribution in [3.63, 3.8) is 0 Å². The van der Waals surface area contributed by atoms with Gasteiger partial charge < -0.3 is 14.5 Å².